The first kappa shape index (κ1) is 9.11. The summed E-state index contributed by atoms with van der Waals surface area (Å²) in [5.41, 5.74) is 0. The monoisotopic (exact) mass is 201 g/mol. The second kappa shape index (κ2) is 4.01. The molecule has 0 aromatic carbocycles. The number of nitrogens with one attached hydrogen (secondary N) is 1. The molecule has 3 nitrogen and oxygen atoms in total. The van der Waals surface area contributed by atoms with Crippen molar-refractivity contribution in [3.8, 4) is 0 Å². The molecule has 0 spiro atoms. The molecule has 1 N–H and O–H groups in total. The van der Waals surface area contributed by atoms with Crippen molar-refractivity contribution in [3.05, 3.63) is 6.42 Å². The third-order valence-electron chi connectivity index (χ3n) is 0.964. The van der Waals surface area contributed by atoms with Gasteiger partial charge in [-0.15, -0.1) is 0 Å². The second-order valence-electron chi connectivity index (χ2n) is 1.66. The molecule has 9 heavy (non-hydrogen) atoms. The Balaban J connectivity index is 0.000000640. The van der Waals surface area contributed by atoms with Crippen LogP contribution < -0.4 is 5.32 Å². The van der Waals surface area contributed by atoms with Gasteiger partial charge in [-0.1, -0.05) is 0 Å². The van der Waals surface area contributed by atoms with Crippen LogP contribution in [-0.4, -0.2) is 11.8 Å². The topological polar surface area (TPSA) is 46.2 Å². The van der Waals surface area contributed by atoms with Crippen LogP contribution in [0, 0.1) is 6.42 Å². The fraction of sp³-hybridized carbons (Fsp3) is 0.400. The molecule has 0 saturated carbocycles. The summed E-state index contributed by atoms with van der Waals surface area (Å²) < 4.78 is 0. The van der Waals surface area contributed by atoms with Gasteiger partial charge in [-0.05, 0) is 0 Å². The average Bonchev–Trinajstić information content (AvgIpc) is 1.64. The molecule has 1 heterocycles. The van der Waals surface area contributed by atoms with E-state index in [1.807, 2.05) is 0 Å². The van der Waals surface area contributed by atoms with E-state index in [1.54, 1.807) is 0 Å². The molecule has 1 aliphatic heterocycles. The number of piperidine rings is 1. The van der Waals surface area contributed by atoms with Crippen LogP contribution in [0.2, 0.25) is 0 Å². The van der Waals surface area contributed by atoms with Crippen LogP contribution in [0.4, 0.5) is 0 Å². The summed E-state index contributed by atoms with van der Waals surface area (Å²) >= 11 is 0. The maximum Gasteiger partial charge on any atom is 0.222 e. The van der Waals surface area contributed by atoms with Crippen molar-refractivity contribution in [3.63, 3.8) is 0 Å². The summed E-state index contributed by atoms with van der Waals surface area (Å²) in [4.78, 5) is 20.6. The summed E-state index contributed by atoms with van der Waals surface area (Å²) in [7, 11) is 0. The largest absolute Gasteiger partial charge is 0.322 e. The van der Waals surface area contributed by atoms with Crippen molar-refractivity contribution < 1.29 is 42.3 Å². The van der Waals surface area contributed by atoms with Crippen molar-refractivity contribution >= 4 is 11.8 Å². The van der Waals surface area contributed by atoms with E-state index < -0.39 is 0 Å². The number of amides is 2. The van der Waals surface area contributed by atoms with Crippen molar-refractivity contribution in [2.75, 3.05) is 0 Å². The molecule has 0 unspecified atom stereocenters. The summed E-state index contributed by atoms with van der Waals surface area (Å²) in [5, 5.41) is 2.15. The number of rotatable bonds is 0. The summed E-state index contributed by atoms with van der Waals surface area (Å²) in [5.74, 6) is -0.432. The van der Waals surface area contributed by atoms with E-state index in [9.17, 15) is 9.59 Å². The van der Waals surface area contributed by atoms with Crippen molar-refractivity contribution in [1.29, 1.82) is 0 Å². The van der Waals surface area contributed by atoms with Crippen molar-refractivity contribution in [2.45, 2.75) is 12.8 Å². The van der Waals surface area contributed by atoms with Crippen molar-refractivity contribution in [1.82, 2.24) is 5.32 Å². The van der Waals surface area contributed by atoms with E-state index in [0.29, 0.717) is 12.8 Å². The van der Waals surface area contributed by atoms with Crippen LogP contribution in [0.15, 0.2) is 0 Å². The molecule has 2 amide bonds. The molecular formula is C5H6NO2Y-. The van der Waals surface area contributed by atoms with Gasteiger partial charge in [0.05, 0.1) is 5.91 Å². The Kier molecular flexibility index (Phi) is 4.07. The minimum Gasteiger partial charge on any atom is -0.322 e. The molecule has 1 fully saturated rings. The van der Waals surface area contributed by atoms with Gasteiger partial charge in [-0.2, -0.15) is 6.42 Å². The molecule has 0 bridgehead atoms. The van der Waals surface area contributed by atoms with E-state index >= 15 is 0 Å². The Hall–Kier alpha value is 0.114. The molecular weight excluding hydrogens is 195 g/mol. The van der Waals surface area contributed by atoms with Crippen LogP contribution in [0.3, 0.4) is 0 Å². The second-order valence-corrected chi connectivity index (χ2v) is 1.66. The Morgan fingerprint density at radius 3 is 2.44 bits per heavy atom. The maximum atomic E-state index is 10.3. The minimum absolute atomic E-state index is 0. The van der Waals surface area contributed by atoms with Gasteiger partial charge in [0.1, 0.15) is 0 Å². The van der Waals surface area contributed by atoms with Gasteiger partial charge < -0.3 is 16.5 Å². The molecule has 1 saturated heterocycles. The van der Waals surface area contributed by atoms with E-state index in [1.165, 1.54) is 6.42 Å². The molecule has 1 aliphatic rings. The summed E-state index contributed by atoms with van der Waals surface area (Å²) in [6, 6.07) is 0. The first-order chi connectivity index (χ1) is 3.79. The molecule has 4 heteroatoms. The standard InChI is InChI=1S/C5H6NO2.Y/c7-4-2-1-3-5(8)6-4;/h2H,1,3H2,(H,6,7,8);/q-1;. The maximum absolute atomic E-state index is 10.3. The summed E-state index contributed by atoms with van der Waals surface area (Å²) in [6.07, 6.45) is 2.51. The van der Waals surface area contributed by atoms with Gasteiger partial charge in [0, 0.05) is 39.1 Å². The average molecular weight is 201 g/mol. The number of carbonyl (C=O) groups is 2. The quantitative estimate of drug-likeness (QED) is 0.429. The van der Waals surface area contributed by atoms with Crippen LogP contribution >= 0.6 is 0 Å². The first-order valence-electron chi connectivity index (χ1n) is 2.46. The molecule has 1 radical (unpaired) electrons. The van der Waals surface area contributed by atoms with Gasteiger partial charge in [-0.3, -0.25) is 4.79 Å². The van der Waals surface area contributed by atoms with Gasteiger partial charge in [0.25, 0.3) is 0 Å². The van der Waals surface area contributed by atoms with Gasteiger partial charge in [0.15, 0.2) is 0 Å². The van der Waals surface area contributed by atoms with Crippen LogP contribution in [0.1, 0.15) is 12.8 Å². The van der Waals surface area contributed by atoms with Crippen LogP contribution in [0.5, 0.6) is 0 Å². The van der Waals surface area contributed by atoms with E-state index in [-0.39, 0.29) is 44.5 Å². The Bertz CT molecular complexity index is 121. The Morgan fingerprint density at radius 2 is 2.11 bits per heavy atom. The van der Waals surface area contributed by atoms with Crippen molar-refractivity contribution in [2.24, 2.45) is 0 Å². The molecule has 0 aromatic rings. The zero-order valence-electron chi connectivity index (χ0n) is 4.89. The third kappa shape index (κ3) is 2.97. The van der Waals surface area contributed by atoms with Gasteiger partial charge in [-0.25, -0.2) is 0 Å². The molecule has 47 valence electrons. The van der Waals surface area contributed by atoms with Crippen LogP contribution in [0.25, 0.3) is 0 Å². The number of hydrogen-bond acceptors (Lipinski definition) is 2. The predicted octanol–water partition coefficient (Wildman–Crippen LogP) is -0.375. The fourth-order valence-corrected chi connectivity index (χ4v) is 0.585. The zero-order chi connectivity index (χ0) is 5.98. The van der Waals surface area contributed by atoms with E-state index in [2.05, 4.69) is 5.32 Å². The predicted molar refractivity (Wildman–Crippen MR) is 26.7 cm³/mol. The summed E-state index contributed by atoms with van der Waals surface area (Å²) in [6.45, 7) is 0. The van der Waals surface area contributed by atoms with E-state index in [0.717, 1.165) is 0 Å². The normalized spacial score (nSPS) is 17.3. The smallest absolute Gasteiger partial charge is 0.222 e. The van der Waals surface area contributed by atoms with E-state index in [4.69, 9.17) is 0 Å². The number of imide groups is 1. The van der Waals surface area contributed by atoms with Gasteiger partial charge >= 0.3 is 0 Å². The van der Waals surface area contributed by atoms with Crippen LogP contribution in [-0.2, 0) is 42.3 Å². The SMILES string of the molecule is O=C1[CH-]CCC(=O)N1.[Y]. The van der Waals surface area contributed by atoms with Gasteiger partial charge in [0.2, 0.25) is 5.91 Å². The number of carbonyl (C=O) groups excluding carboxylic acids is 2. The minimum atomic E-state index is -0.263. The fourth-order valence-electron chi connectivity index (χ4n) is 0.585. The Labute approximate surface area is 78.4 Å². The molecule has 0 aromatic heterocycles. The first-order valence-corrected chi connectivity index (χ1v) is 2.46. The molecule has 0 atom stereocenters. The number of hydrogen-bond donors (Lipinski definition) is 1. The molecule has 0 aliphatic carbocycles. The Morgan fingerprint density at radius 1 is 1.44 bits per heavy atom. The molecule has 1 rings (SSSR count). The third-order valence-corrected chi connectivity index (χ3v) is 0.964. The zero-order valence-corrected chi connectivity index (χ0v) is 7.72.